The predicted octanol–water partition coefficient (Wildman–Crippen LogP) is 3.80. The van der Waals surface area contributed by atoms with Gasteiger partial charge in [0.1, 0.15) is 23.7 Å². The Morgan fingerprint density at radius 1 is 1.04 bits per heavy atom. The van der Waals surface area contributed by atoms with Gasteiger partial charge in [-0.25, -0.2) is 0 Å². The first-order valence-corrected chi connectivity index (χ1v) is 9.00. The number of hydrogen-bond donors (Lipinski definition) is 2. The summed E-state index contributed by atoms with van der Waals surface area (Å²) >= 11 is 5.90. The quantitative estimate of drug-likeness (QED) is 0.821. The Morgan fingerprint density at radius 3 is 2.40 bits per heavy atom. The first-order valence-electron chi connectivity index (χ1n) is 8.62. The maximum Gasteiger partial charge on any atom is 0.126 e. The van der Waals surface area contributed by atoms with Crippen LogP contribution in [0.25, 0.3) is 0 Å². The summed E-state index contributed by atoms with van der Waals surface area (Å²) in [6.07, 6.45) is 2.07. The first-order chi connectivity index (χ1) is 12.2. The SMILES string of the molecule is COc1ccc(CN[C@H]2CCC[C@@H](Oc3ccc(Cl)cc3)[C@@H]2O)cc1. The Balaban J connectivity index is 1.55. The standard InChI is InChI=1S/C20H24ClNO3/c1-24-16-9-5-14(6-10-16)13-22-18-3-2-4-19(20(18)23)25-17-11-7-15(21)8-12-17/h5-12,18-20,22-23H,2-4,13H2,1H3/t18-,19+,20+/m0/s1. The summed E-state index contributed by atoms with van der Waals surface area (Å²) in [5.41, 5.74) is 1.16. The summed E-state index contributed by atoms with van der Waals surface area (Å²) in [6, 6.07) is 15.2. The van der Waals surface area contributed by atoms with Crippen molar-refractivity contribution in [3.8, 4) is 11.5 Å². The fourth-order valence-electron chi connectivity index (χ4n) is 3.17. The van der Waals surface area contributed by atoms with E-state index in [4.69, 9.17) is 21.1 Å². The Hall–Kier alpha value is -1.75. The monoisotopic (exact) mass is 361 g/mol. The Kier molecular flexibility index (Phi) is 6.19. The highest BCUT2D eigenvalue weighted by Gasteiger charge is 2.33. The molecule has 2 aromatic carbocycles. The second kappa shape index (κ2) is 8.56. The second-order valence-electron chi connectivity index (χ2n) is 6.37. The van der Waals surface area contributed by atoms with Crippen molar-refractivity contribution < 1.29 is 14.6 Å². The molecule has 0 aliphatic heterocycles. The molecule has 0 radical (unpaired) electrons. The van der Waals surface area contributed by atoms with Gasteiger partial charge < -0.3 is 19.9 Å². The van der Waals surface area contributed by atoms with Gasteiger partial charge in [-0.1, -0.05) is 23.7 Å². The van der Waals surface area contributed by atoms with E-state index in [1.165, 1.54) is 0 Å². The molecule has 0 spiro atoms. The van der Waals surface area contributed by atoms with Gasteiger partial charge in [0.2, 0.25) is 0 Å². The largest absolute Gasteiger partial charge is 0.497 e. The number of benzene rings is 2. The minimum absolute atomic E-state index is 0.0214. The van der Waals surface area contributed by atoms with Crippen molar-refractivity contribution in [2.45, 2.75) is 44.1 Å². The molecule has 25 heavy (non-hydrogen) atoms. The number of ether oxygens (including phenoxy) is 2. The van der Waals surface area contributed by atoms with E-state index in [9.17, 15) is 5.11 Å². The highest BCUT2D eigenvalue weighted by molar-refractivity contribution is 6.30. The van der Waals surface area contributed by atoms with Crippen molar-refractivity contribution in [2.24, 2.45) is 0 Å². The number of aliphatic hydroxyl groups is 1. The number of aliphatic hydroxyl groups excluding tert-OH is 1. The van der Waals surface area contributed by atoms with Crippen molar-refractivity contribution in [1.82, 2.24) is 5.32 Å². The van der Waals surface area contributed by atoms with Crippen molar-refractivity contribution in [2.75, 3.05) is 7.11 Å². The van der Waals surface area contributed by atoms with Crippen LogP contribution in [0.4, 0.5) is 0 Å². The molecule has 4 nitrogen and oxygen atoms in total. The average molecular weight is 362 g/mol. The van der Waals surface area contributed by atoms with Crippen LogP contribution in [-0.2, 0) is 6.54 Å². The van der Waals surface area contributed by atoms with Gasteiger partial charge in [0.05, 0.1) is 7.11 Å². The van der Waals surface area contributed by atoms with Crippen LogP contribution in [-0.4, -0.2) is 30.5 Å². The number of rotatable bonds is 6. The lowest BCUT2D eigenvalue weighted by molar-refractivity contribution is -0.0157. The number of methoxy groups -OCH3 is 1. The van der Waals surface area contributed by atoms with Gasteiger partial charge >= 0.3 is 0 Å². The van der Waals surface area contributed by atoms with Crippen LogP contribution >= 0.6 is 11.6 Å². The number of halogens is 1. The van der Waals surface area contributed by atoms with Crippen molar-refractivity contribution in [1.29, 1.82) is 0 Å². The summed E-state index contributed by atoms with van der Waals surface area (Å²) in [7, 11) is 1.66. The summed E-state index contributed by atoms with van der Waals surface area (Å²) in [6.45, 7) is 0.708. The van der Waals surface area contributed by atoms with E-state index in [0.29, 0.717) is 11.6 Å². The molecule has 5 heteroatoms. The Bertz CT molecular complexity index is 660. The molecule has 0 unspecified atom stereocenters. The maximum atomic E-state index is 10.7. The van der Waals surface area contributed by atoms with Crippen LogP contribution in [0.5, 0.6) is 11.5 Å². The zero-order valence-electron chi connectivity index (χ0n) is 14.3. The van der Waals surface area contributed by atoms with Crippen molar-refractivity contribution in [3.63, 3.8) is 0 Å². The molecule has 0 aromatic heterocycles. The predicted molar refractivity (Wildman–Crippen MR) is 99.3 cm³/mol. The zero-order valence-corrected chi connectivity index (χ0v) is 15.1. The lowest BCUT2D eigenvalue weighted by Crippen LogP contribution is -2.50. The van der Waals surface area contributed by atoms with E-state index in [2.05, 4.69) is 5.32 Å². The molecule has 0 amide bonds. The molecule has 0 saturated heterocycles. The molecule has 0 heterocycles. The van der Waals surface area contributed by atoms with Gasteiger partial charge in [-0.15, -0.1) is 0 Å². The molecule has 2 aromatic rings. The van der Waals surface area contributed by atoms with Gasteiger partial charge in [-0.3, -0.25) is 0 Å². The highest BCUT2D eigenvalue weighted by Crippen LogP contribution is 2.25. The van der Waals surface area contributed by atoms with Gasteiger partial charge in [0.15, 0.2) is 0 Å². The molecular formula is C20H24ClNO3. The summed E-state index contributed by atoms with van der Waals surface area (Å²) < 4.78 is 11.1. The Morgan fingerprint density at radius 2 is 1.72 bits per heavy atom. The van der Waals surface area contributed by atoms with E-state index >= 15 is 0 Å². The van der Waals surface area contributed by atoms with Crippen molar-refractivity contribution >= 4 is 11.6 Å². The minimum atomic E-state index is -0.539. The van der Waals surface area contributed by atoms with Crippen molar-refractivity contribution in [3.05, 3.63) is 59.1 Å². The molecule has 1 saturated carbocycles. The lowest BCUT2D eigenvalue weighted by atomic mass is 9.89. The normalized spacial score (nSPS) is 23.2. The van der Waals surface area contributed by atoms with Gasteiger partial charge in [0.25, 0.3) is 0 Å². The van der Waals surface area contributed by atoms with Crippen LogP contribution in [0.3, 0.4) is 0 Å². The third-order valence-corrected chi connectivity index (χ3v) is 4.88. The summed E-state index contributed by atoms with van der Waals surface area (Å²) in [4.78, 5) is 0. The van der Waals surface area contributed by atoms with Crippen LogP contribution in [0.1, 0.15) is 24.8 Å². The molecule has 3 atom stereocenters. The molecule has 134 valence electrons. The minimum Gasteiger partial charge on any atom is -0.497 e. The molecule has 1 aliphatic rings. The maximum absolute atomic E-state index is 10.7. The average Bonchev–Trinajstić information content (AvgIpc) is 2.64. The van der Waals surface area contributed by atoms with E-state index in [-0.39, 0.29) is 12.1 Å². The summed E-state index contributed by atoms with van der Waals surface area (Å²) in [5.74, 6) is 1.59. The second-order valence-corrected chi connectivity index (χ2v) is 6.80. The van der Waals surface area contributed by atoms with Crippen LogP contribution in [0.2, 0.25) is 5.02 Å². The fraction of sp³-hybridized carbons (Fsp3) is 0.400. The molecule has 1 fully saturated rings. The van der Waals surface area contributed by atoms with E-state index in [1.807, 2.05) is 36.4 Å². The third kappa shape index (κ3) is 4.88. The topological polar surface area (TPSA) is 50.7 Å². The van der Waals surface area contributed by atoms with Crippen LogP contribution in [0.15, 0.2) is 48.5 Å². The van der Waals surface area contributed by atoms with Crippen LogP contribution < -0.4 is 14.8 Å². The number of hydrogen-bond acceptors (Lipinski definition) is 4. The molecule has 1 aliphatic carbocycles. The van der Waals surface area contributed by atoms with E-state index in [0.717, 1.165) is 36.3 Å². The molecular weight excluding hydrogens is 338 g/mol. The highest BCUT2D eigenvalue weighted by atomic mass is 35.5. The molecule has 0 bridgehead atoms. The van der Waals surface area contributed by atoms with E-state index < -0.39 is 6.10 Å². The first kappa shape index (κ1) is 18.1. The van der Waals surface area contributed by atoms with E-state index in [1.54, 1.807) is 19.2 Å². The fourth-order valence-corrected chi connectivity index (χ4v) is 3.30. The molecule has 3 rings (SSSR count). The zero-order chi connectivity index (χ0) is 17.6. The van der Waals surface area contributed by atoms with Gasteiger partial charge in [-0.05, 0) is 61.2 Å². The number of nitrogens with one attached hydrogen (secondary N) is 1. The summed E-state index contributed by atoms with van der Waals surface area (Å²) in [5, 5.41) is 14.8. The Labute approximate surface area is 153 Å². The van der Waals surface area contributed by atoms with Gasteiger partial charge in [0, 0.05) is 17.6 Å². The smallest absolute Gasteiger partial charge is 0.126 e. The van der Waals surface area contributed by atoms with Crippen LogP contribution in [0, 0.1) is 0 Å². The van der Waals surface area contributed by atoms with Gasteiger partial charge in [-0.2, -0.15) is 0 Å². The molecule has 2 N–H and O–H groups in total. The third-order valence-electron chi connectivity index (χ3n) is 4.63. The lowest BCUT2D eigenvalue weighted by Gasteiger charge is -2.35.